The Morgan fingerprint density at radius 3 is 2.53 bits per heavy atom. The normalized spacial score (nSPS) is 21.1. The molecule has 1 fully saturated rings. The Labute approximate surface area is 116 Å². The average molecular weight is 247 g/mol. The first-order valence-corrected chi connectivity index (χ1v) is 6.25. The van der Waals surface area contributed by atoms with E-state index in [0.717, 1.165) is 25.2 Å². The summed E-state index contributed by atoms with van der Waals surface area (Å²) in [5.41, 5.74) is 1.05. The molecule has 2 unspecified atom stereocenters. The van der Waals surface area contributed by atoms with E-state index in [9.17, 15) is 8.76 Å². The van der Waals surface area contributed by atoms with E-state index in [0.29, 0.717) is 4.90 Å². The molecule has 1 aliphatic heterocycles. The zero-order chi connectivity index (χ0) is 11.5. The summed E-state index contributed by atoms with van der Waals surface area (Å²) < 4.78 is 26.7. The van der Waals surface area contributed by atoms with Crippen molar-refractivity contribution in [3.05, 3.63) is 24.3 Å². The van der Waals surface area contributed by atoms with Crippen molar-refractivity contribution >= 4 is 16.8 Å². The minimum atomic E-state index is -2.14. The van der Waals surface area contributed by atoms with Gasteiger partial charge in [0.2, 0.25) is 0 Å². The van der Waals surface area contributed by atoms with Gasteiger partial charge in [-0.05, 0) is 41.8 Å². The molecular weight excluding hydrogens is 233 g/mol. The van der Waals surface area contributed by atoms with Gasteiger partial charge in [0.1, 0.15) is 0 Å². The van der Waals surface area contributed by atoms with Crippen molar-refractivity contribution in [1.29, 1.82) is 0 Å². The summed E-state index contributed by atoms with van der Waals surface area (Å²) in [5.74, 6) is 0. The van der Waals surface area contributed by atoms with Gasteiger partial charge in [-0.1, -0.05) is 0 Å². The number of anilines is 1. The van der Waals surface area contributed by atoms with Gasteiger partial charge in [-0.25, -0.2) is 0 Å². The zero-order valence-corrected chi connectivity index (χ0v) is 10.9. The van der Waals surface area contributed by atoms with Crippen LogP contribution in [0.2, 0.25) is 0 Å². The first-order valence-electron chi connectivity index (χ1n) is 5.18. The molecule has 0 aliphatic carbocycles. The Kier molecular flexibility index (Phi) is 5.70. The molecule has 0 N–H and O–H groups in total. The second kappa shape index (κ2) is 6.57. The summed E-state index contributed by atoms with van der Waals surface area (Å²) in [4.78, 5) is 2.53. The molecule has 2 rings (SSSR count). The Balaban J connectivity index is 0.00000144. The van der Waals surface area contributed by atoms with Crippen molar-refractivity contribution in [2.45, 2.75) is 17.4 Å². The first-order chi connectivity index (χ1) is 7.70. The van der Waals surface area contributed by atoms with Gasteiger partial charge < -0.3 is 14.2 Å². The number of benzene rings is 1. The number of rotatable bonds is 3. The van der Waals surface area contributed by atoms with E-state index >= 15 is 0 Å². The standard InChI is InChI=1S/C11H15NO3S.Li/c1-15-10-6-7-12(8-10)9-2-4-11(5-3-9)16(13)14;/h2-5,10H,6-8H2,1H3,(H,13,14);/q;+1/p-1. The fourth-order valence-corrected chi connectivity index (χ4v) is 2.28. The molecule has 17 heavy (non-hydrogen) atoms. The SMILES string of the molecule is COC1CCN(c2ccc(S(=O)[O-])cc2)C1.[Li+]. The predicted octanol–water partition coefficient (Wildman–Crippen LogP) is -1.85. The Bertz CT molecular complexity index is 385. The van der Waals surface area contributed by atoms with Crippen LogP contribution in [0.5, 0.6) is 0 Å². The number of hydrogen-bond acceptors (Lipinski definition) is 4. The smallest absolute Gasteiger partial charge is 0.768 e. The molecule has 0 amide bonds. The fraction of sp³-hybridized carbons (Fsp3) is 0.455. The molecule has 1 aromatic carbocycles. The molecule has 1 aliphatic rings. The van der Waals surface area contributed by atoms with Crippen molar-refractivity contribution in [2.75, 3.05) is 25.1 Å². The maximum atomic E-state index is 10.7. The second-order valence-corrected chi connectivity index (χ2v) is 4.76. The van der Waals surface area contributed by atoms with E-state index in [-0.39, 0.29) is 25.0 Å². The summed E-state index contributed by atoms with van der Waals surface area (Å²) in [6.07, 6.45) is 1.31. The molecule has 4 nitrogen and oxygen atoms in total. The zero-order valence-electron chi connectivity index (χ0n) is 10.1. The van der Waals surface area contributed by atoms with Crippen LogP contribution in [0.1, 0.15) is 6.42 Å². The minimum Gasteiger partial charge on any atom is -0.768 e. The largest absolute Gasteiger partial charge is 1.00 e. The summed E-state index contributed by atoms with van der Waals surface area (Å²) in [7, 11) is 1.72. The van der Waals surface area contributed by atoms with E-state index < -0.39 is 11.1 Å². The van der Waals surface area contributed by atoms with Crippen molar-refractivity contribution in [1.82, 2.24) is 0 Å². The Morgan fingerprint density at radius 2 is 2.06 bits per heavy atom. The number of hydrogen-bond donors (Lipinski definition) is 0. The third-order valence-electron chi connectivity index (χ3n) is 2.87. The number of ether oxygens (including phenoxy) is 1. The van der Waals surface area contributed by atoms with Crippen molar-refractivity contribution in [2.24, 2.45) is 0 Å². The van der Waals surface area contributed by atoms with E-state index in [1.807, 2.05) is 12.1 Å². The Hall–Kier alpha value is -0.313. The molecule has 1 aromatic rings. The van der Waals surface area contributed by atoms with Crippen molar-refractivity contribution in [3.8, 4) is 0 Å². The molecule has 0 radical (unpaired) electrons. The van der Waals surface area contributed by atoms with Gasteiger partial charge in [0, 0.05) is 30.8 Å². The summed E-state index contributed by atoms with van der Waals surface area (Å²) >= 11 is -2.14. The maximum Gasteiger partial charge on any atom is 1.00 e. The average Bonchev–Trinajstić information content (AvgIpc) is 2.77. The van der Waals surface area contributed by atoms with Gasteiger partial charge in [-0.15, -0.1) is 0 Å². The fourth-order valence-electron chi connectivity index (χ4n) is 1.92. The molecule has 0 bridgehead atoms. The second-order valence-electron chi connectivity index (χ2n) is 3.82. The number of nitrogens with zero attached hydrogens (tertiary/aromatic N) is 1. The van der Waals surface area contributed by atoms with Crippen molar-refractivity contribution in [3.63, 3.8) is 0 Å². The van der Waals surface area contributed by atoms with Gasteiger partial charge in [-0.2, -0.15) is 0 Å². The van der Waals surface area contributed by atoms with Gasteiger partial charge in [-0.3, -0.25) is 4.21 Å². The molecular formula is C11H14LiNO3S. The topological polar surface area (TPSA) is 52.6 Å². The third kappa shape index (κ3) is 3.57. The molecule has 88 valence electrons. The molecule has 6 heteroatoms. The third-order valence-corrected chi connectivity index (χ3v) is 3.53. The first kappa shape index (κ1) is 14.7. The molecule has 0 spiro atoms. The van der Waals surface area contributed by atoms with Crippen molar-refractivity contribution < 1.29 is 32.4 Å². The van der Waals surface area contributed by atoms with E-state index in [4.69, 9.17) is 4.74 Å². The van der Waals surface area contributed by atoms with Crippen LogP contribution >= 0.6 is 0 Å². The van der Waals surface area contributed by atoms with Crippen LogP contribution in [0.15, 0.2) is 29.2 Å². The molecule has 1 heterocycles. The van der Waals surface area contributed by atoms with Crippen LogP contribution < -0.4 is 23.8 Å². The van der Waals surface area contributed by atoms with Crippen LogP contribution in [-0.2, 0) is 15.8 Å². The summed E-state index contributed by atoms with van der Waals surface area (Å²) in [6, 6.07) is 6.92. The van der Waals surface area contributed by atoms with E-state index in [2.05, 4.69) is 4.90 Å². The minimum absolute atomic E-state index is 0. The van der Waals surface area contributed by atoms with Gasteiger partial charge >= 0.3 is 18.9 Å². The molecule has 2 atom stereocenters. The van der Waals surface area contributed by atoms with Crippen LogP contribution in [0.4, 0.5) is 5.69 Å². The van der Waals surface area contributed by atoms with Crippen LogP contribution in [0.25, 0.3) is 0 Å². The van der Waals surface area contributed by atoms with Gasteiger partial charge in [0.25, 0.3) is 0 Å². The van der Waals surface area contributed by atoms with Crippen LogP contribution in [-0.4, -0.2) is 35.1 Å². The summed E-state index contributed by atoms with van der Waals surface area (Å²) in [5, 5.41) is 0. The molecule has 1 saturated heterocycles. The van der Waals surface area contributed by atoms with Gasteiger partial charge in [0.15, 0.2) is 0 Å². The predicted molar refractivity (Wildman–Crippen MR) is 61.3 cm³/mol. The quantitative estimate of drug-likeness (QED) is 0.465. The maximum absolute atomic E-state index is 10.7. The monoisotopic (exact) mass is 247 g/mol. The Morgan fingerprint density at radius 1 is 1.41 bits per heavy atom. The van der Waals surface area contributed by atoms with Gasteiger partial charge in [0.05, 0.1) is 6.10 Å². The van der Waals surface area contributed by atoms with E-state index in [1.165, 1.54) is 0 Å². The molecule has 0 aromatic heterocycles. The number of methoxy groups -OCH3 is 1. The van der Waals surface area contributed by atoms with Crippen LogP contribution in [0.3, 0.4) is 0 Å². The van der Waals surface area contributed by atoms with E-state index in [1.54, 1.807) is 19.2 Å². The summed E-state index contributed by atoms with van der Waals surface area (Å²) in [6.45, 7) is 1.83. The van der Waals surface area contributed by atoms with Crippen LogP contribution in [0, 0.1) is 0 Å². The molecule has 0 saturated carbocycles.